The fourth-order valence-electron chi connectivity index (χ4n) is 3.06. The third kappa shape index (κ3) is 3.18. The summed E-state index contributed by atoms with van der Waals surface area (Å²) in [5.41, 5.74) is 1.55. The van der Waals surface area contributed by atoms with E-state index >= 15 is 0 Å². The Morgan fingerprint density at radius 1 is 1.32 bits per heavy atom. The zero-order valence-corrected chi connectivity index (χ0v) is 12.8. The summed E-state index contributed by atoms with van der Waals surface area (Å²) in [6.07, 6.45) is 1.21. The van der Waals surface area contributed by atoms with E-state index in [0.717, 1.165) is 13.1 Å². The molecule has 1 heterocycles. The van der Waals surface area contributed by atoms with Crippen LogP contribution < -0.4 is 5.32 Å². The highest BCUT2D eigenvalue weighted by Crippen LogP contribution is 2.31. The van der Waals surface area contributed by atoms with Gasteiger partial charge in [-0.1, -0.05) is 51.1 Å². The first kappa shape index (κ1) is 14.5. The van der Waals surface area contributed by atoms with Gasteiger partial charge in [0.05, 0.1) is 5.54 Å². The van der Waals surface area contributed by atoms with Crippen LogP contribution in [0.4, 0.5) is 0 Å². The zero-order chi connectivity index (χ0) is 13.9. The number of piperazine rings is 1. The lowest BCUT2D eigenvalue weighted by Crippen LogP contribution is -2.61. The molecule has 2 unspecified atom stereocenters. The highest BCUT2D eigenvalue weighted by molar-refractivity contribution is 5.25. The van der Waals surface area contributed by atoms with Gasteiger partial charge >= 0.3 is 0 Å². The number of rotatable bonds is 4. The van der Waals surface area contributed by atoms with Crippen LogP contribution >= 0.6 is 0 Å². The standard InChI is InChI=1S/C17H28N2/c1-5-16-12-19(11-14(2)3)17(4,13-18-16)15-9-7-6-8-10-15/h6-10,14,16,18H,5,11-13H2,1-4H3. The molecule has 1 aromatic carbocycles. The molecule has 2 rings (SSSR count). The van der Waals surface area contributed by atoms with E-state index in [0.29, 0.717) is 12.0 Å². The van der Waals surface area contributed by atoms with Crippen molar-refractivity contribution in [2.75, 3.05) is 19.6 Å². The second-order valence-electron chi connectivity index (χ2n) is 6.42. The first-order chi connectivity index (χ1) is 9.06. The van der Waals surface area contributed by atoms with Crippen molar-refractivity contribution in [1.29, 1.82) is 0 Å². The van der Waals surface area contributed by atoms with Gasteiger partial charge in [0.15, 0.2) is 0 Å². The van der Waals surface area contributed by atoms with Gasteiger partial charge in [-0.2, -0.15) is 0 Å². The topological polar surface area (TPSA) is 15.3 Å². The Hall–Kier alpha value is -0.860. The molecule has 2 nitrogen and oxygen atoms in total. The molecule has 2 heteroatoms. The highest BCUT2D eigenvalue weighted by atomic mass is 15.3. The molecule has 0 spiro atoms. The molecular formula is C17H28N2. The molecule has 1 aliphatic heterocycles. The van der Waals surface area contributed by atoms with Crippen molar-refractivity contribution < 1.29 is 0 Å². The lowest BCUT2D eigenvalue weighted by molar-refractivity contribution is 0.0384. The van der Waals surface area contributed by atoms with Crippen LogP contribution in [0.15, 0.2) is 30.3 Å². The zero-order valence-electron chi connectivity index (χ0n) is 12.8. The van der Waals surface area contributed by atoms with Crippen LogP contribution in [-0.2, 0) is 5.54 Å². The van der Waals surface area contributed by atoms with Crippen molar-refractivity contribution in [2.24, 2.45) is 5.92 Å². The van der Waals surface area contributed by atoms with E-state index in [4.69, 9.17) is 0 Å². The second-order valence-corrected chi connectivity index (χ2v) is 6.42. The average Bonchev–Trinajstić information content (AvgIpc) is 2.42. The summed E-state index contributed by atoms with van der Waals surface area (Å²) in [7, 11) is 0. The molecule has 0 amide bonds. The van der Waals surface area contributed by atoms with E-state index in [1.54, 1.807) is 0 Å². The summed E-state index contributed by atoms with van der Waals surface area (Å²) in [5.74, 6) is 0.707. The van der Waals surface area contributed by atoms with Crippen molar-refractivity contribution >= 4 is 0 Å². The van der Waals surface area contributed by atoms with Gasteiger partial charge in [-0.15, -0.1) is 0 Å². The Morgan fingerprint density at radius 3 is 2.58 bits per heavy atom. The maximum atomic E-state index is 3.72. The van der Waals surface area contributed by atoms with E-state index in [1.807, 2.05) is 0 Å². The monoisotopic (exact) mass is 260 g/mol. The van der Waals surface area contributed by atoms with Gasteiger partial charge in [-0.3, -0.25) is 4.90 Å². The number of hydrogen-bond acceptors (Lipinski definition) is 2. The van der Waals surface area contributed by atoms with Crippen LogP contribution in [0.1, 0.15) is 39.7 Å². The van der Waals surface area contributed by atoms with Crippen LogP contribution in [0.25, 0.3) is 0 Å². The molecule has 0 radical (unpaired) electrons. The summed E-state index contributed by atoms with van der Waals surface area (Å²) in [6, 6.07) is 11.6. The molecule has 1 fully saturated rings. The van der Waals surface area contributed by atoms with Gasteiger partial charge in [0.25, 0.3) is 0 Å². The Morgan fingerprint density at radius 2 is 2.00 bits per heavy atom. The van der Waals surface area contributed by atoms with Crippen molar-refractivity contribution in [2.45, 2.75) is 45.7 Å². The van der Waals surface area contributed by atoms with Crippen molar-refractivity contribution in [3.8, 4) is 0 Å². The molecule has 0 saturated carbocycles. The summed E-state index contributed by atoms with van der Waals surface area (Å²) in [4.78, 5) is 2.68. The third-order valence-electron chi connectivity index (χ3n) is 4.35. The molecule has 19 heavy (non-hydrogen) atoms. The lowest BCUT2D eigenvalue weighted by Gasteiger charge is -2.49. The summed E-state index contributed by atoms with van der Waals surface area (Å²) in [5, 5.41) is 3.72. The van der Waals surface area contributed by atoms with Crippen LogP contribution in [-0.4, -0.2) is 30.6 Å². The minimum Gasteiger partial charge on any atom is -0.311 e. The number of benzene rings is 1. The molecule has 1 aliphatic rings. The first-order valence-electron chi connectivity index (χ1n) is 7.60. The molecular weight excluding hydrogens is 232 g/mol. The number of nitrogens with one attached hydrogen (secondary N) is 1. The van der Waals surface area contributed by atoms with Crippen molar-refractivity contribution in [3.05, 3.63) is 35.9 Å². The SMILES string of the molecule is CCC1CN(CC(C)C)C(C)(c2ccccc2)CN1. The maximum Gasteiger partial charge on any atom is 0.0558 e. The Balaban J connectivity index is 2.25. The predicted molar refractivity (Wildman–Crippen MR) is 82.3 cm³/mol. The van der Waals surface area contributed by atoms with Gasteiger partial charge in [0.1, 0.15) is 0 Å². The molecule has 0 aliphatic carbocycles. The lowest BCUT2D eigenvalue weighted by atomic mass is 9.86. The summed E-state index contributed by atoms with van der Waals surface area (Å²) in [6.45, 7) is 12.6. The van der Waals surface area contributed by atoms with Crippen molar-refractivity contribution in [3.63, 3.8) is 0 Å². The molecule has 0 bridgehead atoms. The second kappa shape index (κ2) is 6.06. The summed E-state index contributed by atoms with van der Waals surface area (Å²) >= 11 is 0. The quantitative estimate of drug-likeness (QED) is 0.894. The Labute approximate surface area is 118 Å². The first-order valence-corrected chi connectivity index (χ1v) is 7.60. The maximum absolute atomic E-state index is 3.72. The molecule has 0 aromatic heterocycles. The van der Waals surface area contributed by atoms with E-state index < -0.39 is 0 Å². The molecule has 1 N–H and O–H groups in total. The van der Waals surface area contributed by atoms with Crippen LogP contribution in [0.5, 0.6) is 0 Å². The Kier molecular flexibility index (Phi) is 4.64. The van der Waals surface area contributed by atoms with E-state index in [2.05, 4.69) is 68.2 Å². The summed E-state index contributed by atoms with van der Waals surface area (Å²) < 4.78 is 0. The minimum absolute atomic E-state index is 0.122. The highest BCUT2D eigenvalue weighted by Gasteiger charge is 2.38. The van der Waals surface area contributed by atoms with Gasteiger partial charge < -0.3 is 5.32 Å². The van der Waals surface area contributed by atoms with E-state index in [1.165, 1.54) is 18.5 Å². The van der Waals surface area contributed by atoms with E-state index in [9.17, 15) is 0 Å². The fourth-order valence-corrected chi connectivity index (χ4v) is 3.06. The number of nitrogens with zero attached hydrogens (tertiary/aromatic N) is 1. The van der Waals surface area contributed by atoms with Crippen LogP contribution in [0.2, 0.25) is 0 Å². The van der Waals surface area contributed by atoms with Gasteiger partial charge in [0.2, 0.25) is 0 Å². The normalized spacial score (nSPS) is 28.8. The molecule has 1 saturated heterocycles. The van der Waals surface area contributed by atoms with Crippen LogP contribution in [0.3, 0.4) is 0 Å². The van der Waals surface area contributed by atoms with Gasteiger partial charge in [-0.05, 0) is 24.8 Å². The number of hydrogen-bond donors (Lipinski definition) is 1. The Bertz CT molecular complexity index is 388. The van der Waals surface area contributed by atoms with Gasteiger partial charge in [-0.25, -0.2) is 0 Å². The largest absolute Gasteiger partial charge is 0.311 e. The molecule has 106 valence electrons. The minimum atomic E-state index is 0.122. The molecule has 1 aromatic rings. The predicted octanol–water partition coefficient (Wildman–Crippen LogP) is 3.24. The average molecular weight is 260 g/mol. The fraction of sp³-hybridized carbons (Fsp3) is 0.647. The smallest absolute Gasteiger partial charge is 0.0558 e. The van der Waals surface area contributed by atoms with E-state index in [-0.39, 0.29) is 5.54 Å². The third-order valence-corrected chi connectivity index (χ3v) is 4.35. The van der Waals surface area contributed by atoms with Gasteiger partial charge in [0, 0.05) is 25.7 Å². The van der Waals surface area contributed by atoms with Crippen LogP contribution in [0, 0.1) is 5.92 Å². The molecule has 2 atom stereocenters. The van der Waals surface area contributed by atoms with Crippen molar-refractivity contribution in [1.82, 2.24) is 10.2 Å².